The SMILES string of the molecule is O=C(O)[C@@H]1CCCCN1c1ccc(Br)cc1. The van der Waals surface area contributed by atoms with Crippen molar-refractivity contribution in [1.29, 1.82) is 0 Å². The van der Waals surface area contributed by atoms with Crippen molar-refractivity contribution in [1.82, 2.24) is 0 Å². The lowest BCUT2D eigenvalue weighted by atomic mass is 10.0. The Balaban J connectivity index is 2.23. The molecule has 0 radical (unpaired) electrons. The molecule has 1 aliphatic heterocycles. The second-order valence-electron chi connectivity index (χ2n) is 4.02. The highest BCUT2D eigenvalue weighted by atomic mass is 79.9. The molecule has 86 valence electrons. The van der Waals surface area contributed by atoms with Crippen LogP contribution in [0.25, 0.3) is 0 Å². The number of aliphatic carboxylic acids is 1. The van der Waals surface area contributed by atoms with E-state index in [-0.39, 0.29) is 6.04 Å². The molecule has 0 aliphatic carbocycles. The van der Waals surface area contributed by atoms with Gasteiger partial charge in [-0.3, -0.25) is 0 Å². The number of rotatable bonds is 2. The largest absolute Gasteiger partial charge is 0.480 e. The van der Waals surface area contributed by atoms with Crippen LogP contribution in [-0.2, 0) is 4.79 Å². The van der Waals surface area contributed by atoms with Crippen LogP contribution in [0.5, 0.6) is 0 Å². The lowest BCUT2D eigenvalue weighted by Crippen LogP contribution is -2.44. The Morgan fingerprint density at radius 2 is 2.00 bits per heavy atom. The Morgan fingerprint density at radius 3 is 2.62 bits per heavy atom. The molecule has 0 aromatic heterocycles. The molecule has 1 N–H and O–H groups in total. The van der Waals surface area contributed by atoms with Gasteiger partial charge in [0.2, 0.25) is 0 Å². The van der Waals surface area contributed by atoms with E-state index in [1.54, 1.807) is 0 Å². The zero-order chi connectivity index (χ0) is 11.5. The van der Waals surface area contributed by atoms with Crippen molar-refractivity contribution in [3.8, 4) is 0 Å². The first-order valence-electron chi connectivity index (χ1n) is 5.43. The number of piperidine rings is 1. The number of carboxylic acids is 1. The van der Waals surface area contributed by atoms with Gasteiger partial charge in [0.25, 0.3) is 0 Å². The van der Waals surface area contributed by atoms with Gasteiger partial charge in [-0.1, -0.05) is 15.9 Å². The zero-order valence-electron chi connectivity index (χ0n) is 8.90. The summed E-state index contributed by atoms with van der Waals surface area (Å²) in [4.78, 5) is 13.1. The molecule has 0 amide bonds. The fraction of sp³-hybridized carbons (Fsp3) is 0.417. The maximum absolute atomic E-state index is 11.2. The number of benzene rings is 1. The standard InChI is InChI=1S/C12H14BrNO2/c13-9-4-6-10(7-5-9)14-8-2-1-3-11(14)12(15)16/h4-7,11H,1-3,8H2,(H,15,16)/t11-/m0/s1. The summed E-state index contributed by atoms with van der Waals surface area (Å²) in [6.07, 6.45) is 2.81. The van der Waals surface area contributed by atoms with Gasteiger partial charge >= 0.3 is 5.97 Å². The van der Waals surface area contributed by atoms with Gasteiger partial charge in [0.15, 0.2) is 0 Å². The van der Waals surface area contributed by atoms with Gasteiger partial charge in [-0.25, -0.2) is 4.79 Å². The first-order valence-corrected chi connectivity index (χ1v) is 6.23. The molecule has 1 atom stereocenters. The summed E-state index contributed by atoms with van der Waals surface area (Å²) in [7, 11) is 0. The Labute approximate surface area is 103 Å². The normalized spacial score (nSPS) is 20.8. The van der Waals surface area contributed by atoms with Gasteiger partial charge in [0, 0.05) is 16.7 Å². The Kier molecular flexibility index (Phi) is 3.49. The Morgan fingerprint density at radius 1 is 1.31 bits per heavy atom. The van der Waals surface area contributed by atoms with Gasteiger partial charge in [0.1, 0.15) is 6.04 Å². The molecule has 1 fully saturated rings. The quantitative estimate of drug-likeness (QED) is 0.907. The van der Waals surface area contributed by atoms with Crippen LogP contribution >= 0.6 is 15.9 Å². The minimum absolute atomic E-state index is 0.366. The minimum atomic E-state index is -0.720. The first-order chi connectivity index (χ1) is 7.68. The van der Waals surface area contributed by atoms with E-state index < -0.39 is 5.97 Å². The number of anilines is 1. The van der Waals surface area contributed by atoms with Crippen molar-refractivity contribution in [2.24, 2.45) is 0 Å². The third kappa shape index (κ3) is 2.38. The van der Waals surface area contributed by atoms with Crippen molar-refractivity contribution < 1.29 is 9.90 Å². The number of hydrogen-bond acceptors (Lipinski definition) is 2. The smallest absolute Gasteiger partial charge is 0.326 e. The number of carboxylic acid groups (broad SMARTS) is 1. The van der Waals surface area contributed by atoms with Crippen LogP contribution < -0.4 is 4.90 Å². The fourth-order valence-corrected chi connectivity index (χ4v) is 2.39. The summed E-state index contributed by atoms with van der Waals surface area (Å²) in [6.45, 7) is 0.832. The van der Waals surface area contributed by atoms with Crippen LogP contribution in [0.1, 0.15) is 19.3 Å². The number of halogens is 1. The highest BCUT2D eigenvalue weighted by molar-refractivity contribution is 9.10. The molecule has 0 unspecified atom stereocenters. The third-order valence-corrected chi connectivity index (χ3v) is 3.47. The van der Waals surface area contributed by atoms with Crippen LogP contribution in [0.2, 0.25) is 0 Å². The second kappa shape index (κ2) is 4.87. The molecule has 2 rings (SSSR count). The fourth-order valence-electron chi connectivity index (χ4n) is 2.13. The summed E-state index contributed by atoms with van der Waals surface area (Å²) in [5.41, 5.74) is 0.996. The zero-order valence-corrected chi connectivity index (χ0v) is 10.5. The van der Waals surface area contributed by atoms with E-state index in [9.17, 15) is 9.90 Å². The van der Waals surface area contributed by atoms with E-state index in [4.69, 9.17) is 0 Å². The van der Waals surface area contributed by atoms with Crippen LogP contribution in [0.4, 0.5) is 5.69 Å². The maximum Gasteiger partial charge on any atom is 0.326 e. The van der Waals surface area contributed by atoms with Crippen LogP contribution in [0.3, 0.4) is 0 Å². The van der Waals surface area contributed by atoms with Gasteiger partial charge in [-0.2, -0.15) is 0 Å². The molecule has 1 heterocycles. The molecule has 0 spiro atoms. The summed E-state index contributed by atoms with van der Waals surface area (Å²) >= 11 is 3.38. The van der Waals surface area contributed by atoms with E-state index >= 15 is 0 Å². The monoisotopic (exact) mass is 283 g/mol. The van der Waals surface area contributed by atoms with E-state index in [0.717, 1.165) is 36.0 Å². The van der Waals surface area contributed by atoms with Gasteiger partial charge < -0.3 is 10.0 Å². The molecule has 16 heavy (non-hydrogen) atoms. The lowest BCUT2D eigenvalue weighted by molar-refractivity contribution is -0.139. The first kappa shape index (κ1) is 11.5. The van der Waals surface area contributed by atoms with Crippen LogP contribution in [-0.4, -0.2) is 23.7 Å². The van der Waals surface area contributed by atoms with E-state index in [1.165, 1.54) is 0 Å². The summed E-state index contributed by atoms with van der Waals surface area (Å²) < 4.78 is 1.01. The van der Waals surface area contributed by atoms with Gasteiger partial charge in [0.05, 0.1) is 0 Å². The molecular weight excluding hydrogens is 270 g/mol. The summed E-state index contributed by atoms with van der Waals surface area (Å²) in [5, 5.41) is 9.17. The molecular formula is C12H14BrNO2. The summed E-state index contributed by atoms with van der Waals surface area (Å²) in [5.74, 6) is -0.720. The molecule has 1 aromatic rings. The van der Waals surface area contributed by atoms with Crippen molar-refractivity contribution >= 4 is 27.6 Å². The molecule has 0 saturated carbocycles. The average molecular weight is 284 g/mol. The predicted octanol–water partition coefficient (Wildman–Crippen LogP) is 2.89. The molecule has 3 nitrogen and oxygen atoms in total. The van der Waals surface area contributed by atoms with Crippen LogP contribution in [0.15, 0.2) is 28.7 Å². The molecule has 1 aromatic carbocycles. The van der Waals surface area contributed by atoms with Crippen molar-refractivity contribution in [3.05, 3.63) is 28.7 Å². The van der Waals surface area contributed by atoms with E-state index in [0.29, 0.717) is 0 Å². The minimum Gasteiger partial charge on any atom is -0.480 e. The van der Waals surface area contributed by atoms with E-state index in [1.807, 2.05) is 29.2 Å². The average Bonchev–Trinajstić information content (AvgIpc) is 2.30. The number of nitrogens with zero attached hydrogens (tertiary/aromatic N) is 1. The topological polar surface area (TPSA) is 40.5 Å². The van der Waals surface area contributed by atoms with Crippen LogP contribution in [0, 0.1) is 0 Å². The number of carbonyl (C=O) groups is 1. The van der Waals surface area contributed by atoms with Crippen molar-refractivity contribution in [2.75, 3.05) is 11.4 Å². The molecule has 4 heteroatoms. The molecule has 0 bridgehead atoms. The number of hydrogen-bond donors (Lipinski definition) is 1. The highest BCUT2D eigenvalue weighted by Gasteiger charge is 2.28. The lowest BCUT2D eigenvalue weighted by Gasteiger charge is -2.34. The Hall–Kier alpha value is -1.03. The molecule has 1 aliphatic rings. The van der Waals surface area contributed by atoms with Gasteiger partial charge in [-0.15, -0.1) is 0 Å². The Bertz CT molecular complexity index is 377. The third-order valence-electron chi connectivity index (χ3n) is 2.95. The van der Waals surface area contributed by atoms with Crippen molar-refractivity contribution in [3.63, 3.8) is 0 Å². The van der Waals surface area contributed by atoms with Crippen molar-refractivity contribution in [2.45, 2.75) is 25.3 Å². The second-order valence-corrected chi connectivity index (χ2v) is 4.94. The van der Waals surface area contributed by atoms with Gasteiger partial charge in [-0.05, 0) is 43.5 Å². The highest BCUT2D eigenvalue weighted by Crippen LogP contribution is 2.26. The molecule has 1 saturated heterocycles. The maximum atomic E-state index is 11.2. The summed E-state index contributed by atoms with van der Waals surface area (Å²) in [6, 6.07) is 7.46. The van der Waals surface area contributed by atoms with E-state index in [2.05, 4.69) is 15.9 Å². The predicted molar refractivity (Wildman–Crippen MR) is 66.8 cm³/mol.